The second kappa shape index (κ2) is 8.97. The molecule has 0 amide bonds. The van der Waals surface area contributed by atoms with Gasteiger partial charge in [-0.3, -0.25) is 0 Å². The summed E-state index contributed by atoms with van der Waals surface area (Å²) in [7, 11) is -2.81. The second-order valence-corrected chi connectivity index (χ2v) is 11.7. The number of hydrogen-bond acceptors (Lipinski definition) is 4. The minimum absolute atomic E-state index is 0.0444. The number of rotatable bonds is 8. The quantitative estimate of drug-likeness (QED) is 0.250. The van der Waals surface area contributed by atoms with Crippen molar-refractivity contribution < 1.29 is 14.3 Å². The van der Waals surface area contributed by atoms with E-state index in [1.165, 1.54) is 0 Å². The van der Waals surface area contributed by atoms with Crippen LogP contribution in [0.5, 0.6) is 0 Å². The molecule has 6 nitrogen and oxygen atoms in total. The number of carbonyl (C=O) groups excluding carboxylic acids is 1. The fourth-order valence-electron chi connectivity index (χ4n) is 3.33. The Labute approximate surface area is 160 Å². The van der Waals surface area contributed by atoms with Crippen LogP contribution in [0, 0.1) is 0 Å². The number of benzene rings is 2. The number of aliphatic hydroxyl groups excluding tert-OH is 1. The predicted octanol–water partition coefficient (Wildman–Crippen LogP) is 2.80. The topological polar surface area (TPSA) is 95.3 Å². The molecule has 2 aromatic rings. The summed E-state index contributed by atoms with van der Waals surface area (Å²) in [6.45, 7) is 6.32. The Balaban J connectivity index is 2.58. The normalized spacial score (nSPS) is 14.1. The van der Waals surface area contributed by atoms with Crippen molar-refractivity contribution in [1.29, 1.82) is 0 Å². The molecule has 0 fully saturated rings. The van der Waals surface area contributed by atoms with E-state index < -0.39 is 20.5 Å². The molecule has 0 aliphatic rings. The average Bonchev–Trinajstić information content (AvgIpc) is 2.67. The molecule has 0 radical (unpaired) electrons. The number of carbonyl (C=O) groups is 1. The third-order valence-corrected chi connectivity index (χ3v) is 9.63. The van der Waals surface area contributed by atoms with Gasteiger partial charge in [-0.15, -0.1) is 0 Å². The van der Waals surface area contributed by atoms with Crippen LogP contribution in [-0.2, 0) is 9.22 Å². The van der Waals surface area contributed by atoms with Gasteiger partial charge in [0.25, 0.3) is 8.32 Å². The van der Waals surface area contributed by atoms with Gasteiger partial charge in [-0.1, -0.05) is 86.5 Å². The minimum Gasteiger partial charge on any atom is -0.407 e. The van der Waals surface area contributed by atoms with E-state index in [2.05, 4.69) is 30.8 Å². The molecular formula is C20H25N3O3Si. The van der Waals surface area contributed by atoms with Crippen LogP contribution in [0.15, 0.2) is 65.8 Å². The van der Waals surface area contributed by atoms with Crippen molar-refractivity contribution in [3.05, 3.63) is 71.1 Å². The van der Waals surface area contributed by atoms with Crippen LogP contribution in [0.4, 0.5) is 0 Å². The highest BCUT2D eigenvalue weighted by Gasteiger charge is 2.50. The van der Waals surface area contributed by atoms with Gasteiger partial charge >= 0.3 is 0 Å². The van der Waals surface area contributed by atoms with Gasteiger partial charge < -0.3 is 14.3 Å². The maximum Gasteiger partial charge on any atom is 0.261 e. The molecule has 142 valence electrons. The molecule has 0 heterocycles. The minimum atomic E-state index is -2.81. The van der Waals surface area contributed by atoms with Gasteiger partial charge in [0, 0.05) is 11.5 Å². The van der Waals surface area contributed by atoms with Gasteiger partial charge in [0.2, 0.25) is 0 Å². The van der Waals surface area contributed by atoms with Gasteiger partial charge in [-0.05, 0) is 20.9 Å². The summed E-state index contributed by atoms with van der Waals surface area (Å²) in [6.07, 6.45) is -1.03. The standard InChI is InChI=1S/C20H25N3O3Si/c1-20(2,3)27(16-10-6-4-7-11-16,17-12-8-5-9-13-17)26-15-18(22-23-21)19(25)14-24/h4-14,18-19,25H,15H2,1-3H3/t18-,19-/m1/s1. The fraction of sp³-hybridized carbons (Fsp3) is 0.350. The average molecular weight is 384 g/mol. The van der Waals surface area contributed by atoms with Crippen LogP contribution >= 0.6 is 0 Å². The van der Waals surface area contributed by atoms with E-state index in [4.69, 9.17) is 9.96 Å². The maximum absolute atomic E-state index is 11.0. The fourth-order valence-corrected chi connectivity index (χ4v) is 7.91. The van der Waals surface area contributed by atoms with Crippen LogP contribution in [0.1, 0.15) is 20.8 Å². The number of nitrogens with zero attached hydrogens (tertiary/aromatic N) is 3. The van der Waals surface area contributed by atoms with Crippen LogP contribution in [0.2, 0.25) is 5.04 Å². The Morgan fingerprint density at radius 2 is 1.59 bits per heavy atom. The van der Waals surface area contributed by atoms with Gasteiger partial charge in [0.15, 0.2) is 0 Å². The molecule has 0 spiro atoms. The van der Waals surface area contributed by atoms with E-state index in [0.717, 1.165) is 10.4 Å². The first-order valence-electron chi connectivity index (χ1n) is 8.79. The van der Waals surface area contributed by atoms with E-state index in [-0.39, 0.29) is 11.6 Å². The molecule has 0 aromatic heterocycles. The lowest BCUT2D eigenvalue weighted by atomic mass is 10.2. The van der Waals surface area contributed by atoms with E-state index in [0.29, 0.717) is 6.29 Å². The van der Waals surface area contributed by atoms with E-state index >= 15 is 0 Å². The summed E-state index contributed by atoms with van der Waals surface area (Å²) < 4.78 is 6.56. The maximum atomic E-state index is 11.0. The molecule has 0 unspecified atom stereocenters. The van der Waals surface area contributed by atoms with Crippen molar-refractivity contribution in [2.45, 2.75) is 38.0 Å². The summed E-state index contributed by atoms with van der Waals surface area (Å²) >= 11 is 0. The monoisotopic (exact) mass is 383 g/mol. The molecule has 0 bridgehead atoms. The van der Waals surface area contributed by atoms with Crippen LogP contribution in [-0.4, -0.2) is 38.5 Å². The summed E-state index contributed by atoms with van der Waals surface area (Å²) in [6, 6.07) is 19.0. The molecule has 2 rings (SSSR count). The number of aldehydes is 1. The highest BCUT2D eigenvalue weighted by Crippen LogP contribution is 2.36. The predicted molar refractivity (Wildman–Crippen MR) is 109 cm³/mol. The van der Waals surface area contributed by atoms with Gasteiger partial charge in [0.1, 0.15) is 12.4 Å². The Morgan fingerprint density at radius 1 is 1.11 bits per heavy atom. The molecule has 0 aliphatic carbocycles. The zero-order chi connectivity index (χ0) is 19.9. The molecule has 0 saturated heterocycles. The van der Waals surface area contributed by atoms with Crippen molar-refractivity contribution in [1.82, 2.24) is 0 Å². The first-order valence-corrected chi connectivity index (χ1v) is 10.7. The van der Waals surface area contributed by atoms with Crippen molar-refractivity contribution in [3.8, 4) is 0 Å². The first-order chi connectivity index (χ1) is 12.9. The summed E-state index contributed by atoms with van der Waals surface area (Å²) in [5, 5.41) is 15.4. The molecule has 2 atom stereocenters. The lowest BCUT2D eigenvalue weighted by molar-refractivity contribution is -0.116. The number of hydrogen-bond donors (Lipinski definition) is 1. The largest absolute Gasteiger partial charge is 0.407 e. The summed E-state index contributed by atoms with van der Waals surface area (Å²) in [4.78, 5) is 13.8. The van der Waals surface area contributed by atoms with Gasteiger partial charge in [-0.2, -0.15) is 0 Å². The van der Waals surface area contributed by atoms with Crippen LogP contribution in [0.3, 0.4) is 0 Å². The Morgan fingerprint density at radius 3 is 1.96 bits per heavy atom. The molecular weight excluding hydrogens is 358 g/mol. The van der Waals surface area contributed by atoms with Crippen LogP contribution in [0.25, 0.3) is 10.4 Å². The zero-order valence-electron chi connectivity index (χ0n) is 15.8. The Kier molecular flexibility index (Phi) is 6.93. The number of aliphatic hydroxyl groups is 1. The third-order valence-electron chi connectivity index (χ3n) is 4.62. The molecule has 0 saturated carbocycles. The second-order valence-electron chi connectivity index (χ2n) is 7.37. The summed E-state index contributed by atoms with van der Waals surface area (Å²) in [5.41, 5.74) is 8.79. The molecule has 1 N–H and O–H groups in total. The molecule has 0 aliphatic heterocycles. The first kappa shape index (κ1) is 20.9. The SMILES string of the molecule is CC(C)(C)[Si](OC[C@@H](N=[N+]=[N-])[C@H](O)C=O)(c1ccccc1)c1ccccc1. The van der Waals surface area contributed by atoms with Gasteiger partial charge in [0.05, 0.1) is 6.04 Å². The zero-order valence-corrected chi connectivity index (χ0v) is 16.8. The third kappa shape index (κ3) is 4.46. The van der Waals surface area contributed by atoms with Crippen molar-refractivity contribution in [2.24, 2.45) is 5.11 Å². The van der Waals surface area contributed by atoms with Crippen molar-refractivity contribution in [3.63, 3.8) is 0 Å². The van der Waals surface area contributed by atoms with E-state index in [9.17, 15) is 9.90 Å². The molecule has 7 heteroatoms. The smallest absolute Gasteiger partial charge is 0.261 e. The Hall–Kier alpha value is -2.44. The molecule has 27 heavy (non-hydrogen) atoms. The molecule has 2 aromatic carbocycles. The van der Waals surface area contributed by atoms with E-state index in [1.54, 1.807) is 0 Å². The van der Waals surface area contributed by atoms with Gasteiger partial charge in [-0.25, -0.2) is 0 Å². The highest BCUT2D eigenvalue weighted by molar-refractivity contribution is 6.99. The highest BCUT2D eigenvalue weighted by atomic mass is 28.4. The Bertz CT molecular complexity index is 748. The van der Waals surface area contributed by atoms with Crippen molar-refractivity contribution in [2.75, 3.05) is 6.61 Å². The van der Waals surface area contributed by atoms with Crippen molar-refractivity contribution >= 4 is 25.0 Å². The number of azide groups is 1. The van der Waals surface area contributed by atoms with Crippen LogP contribution < -0.4 is 10.4 Å². The lowest BCUT2D eigenvalue weighted by Gasteiger charge is -2.43. The lowest BCUT2D eigenvalue weighted by Crippen LogP contribution is -2.67. The summed E-state index contributed by atoms with van der Waals surface area (Å²) in [5.74, 6) is 0. The van der Waals surface area contributed by atoms with E-state index in [1.807, 2.05) is 60.7 Å².